The average Bonchev–Trinajstić information content (AvgIpc) is 3.25. The third-order valence-electron chi connectivity index (χ3n) is 6.17. The number of carbonyl (C=O) groups excluding carboxylic acids is 4. The summed E-state index contributed by atoms with van der Waals surface area (Å²) >= 11 is 6.76. The van der Waals surface area contributed by atoms with E-state index in [4.69, 9.17) is 21.1 Å². The fraction of sp³-hybridized carbons (Fsp3) is 0.188. The van der Waals surface area contributed by atoms with Crippen molar-refractivity contribution in [3.8, 4) is 11.5 Å². The van der Waals surface area contributed by atoms with Crippen molar-refractivity contribution in [2.75, 3.05) is 25.6 Å². The molecule has 11 heteroatoms. The van der Waals surface area contributed by atoms with Gasteiger partial charge in [0.2, 0.25) is 5.91 Å². The van der Waals surface area contributed by atoms with E-state index in [2.05, 4.69) is 16.6 Å². The molecule has 1 saturated heterocycles. The van der Waals surface area contributed by atoms with E-state index >= 15 is 0 Å². The molecule has 0 unspecified atom stereocenters. The normalized spacial score (nSPS) is 13.7. The Morgan fingerprint density at radius 2 is 1.84 bits per heavy atom. The van der Waals surface area contributed by atoms with E-state index in [0.717, 1.165) is 27.8 Å². The first-order valence-electron chi connectivity index (χ1n) is 13.2. The first-order chi connectivity index (χ1) is 20.7. The molecule has 0 spiro atoms. The van der Waals surface area contributed by atoms with Crippen LogP contribution in [0.3, 0.4) is 0 Å². The molecule has 1 aliphatic heterocycles. The highest BCUT2D eigenvalue weighted by Crippen LogP contribution is 2.38. The maximum absolute atomic E-state index is 13.2. The number of allylic oxidation sites excluding steroid dienone is 1. The molecule has 4 rings (SSSR count). The van der Waals surface area contributed by atoms with Gasteiger partial charge in [0.25, 0.3) is 11.1 Å². The minimum Gasteiger partial charge on any atom is -0.490 e. The minimum absolute atomic E-state index is 0.0646. The molecule has 0 saturated carbocycles. The summed E-state index contributed by atoms with van der Waals surface area (Å²) in [5.41, 5.74) is 2.74. The number of benzene rings is 3. The van der Waals surface area contributed by atoms with Crippen molar-refractivity contribution in [3.05, 3.63) is 106 Å². The maximum Gasteiger partial charge on any atom is 0.339 e. The monoisotopic (exact) mass is 620 g/mol. The molecule has 1 fully saturated rings. The molecule has 1 aliphatic rings. The SMILES string of the molecule is C=CCc1cc(/C=C2\SC(=O)N(CC(=O)Nc3ccc(Cl)c(C(=O)OC)c3)C2=O)cc(OCC)c1OCc1ccccc1. The highest BCUT2D eigenvalue weighted by molar-refractivity contribution is 8.18. The van der Waals surface area contributed by atoms with Gasteiger partial charge in [-0.3, -0.25) is 19.3 Å². The number of methoxy groups -OCH3 is 1. The molecule has 3 aromatic rings. The fourth-order valence-corrected chi connectivity index (χ4v) is 5.26. The lowest BCUT2D eigenvalue weighted by molar-refractivity contribution is -0.127. The largest absolute Gasteiger partial charge is 0.490 e. The Labute approximate surface area is 258 Å². The summed E-state index contributed by atoms with van der Waals surface area (Å²) in [5.74, 6) is -0.837. The predicted molar refractivity (Wildman–Crippen MR) is 166 cm³/mol. The minimum atomic E-state index is -0.670. The summed E-state index contributed by atoms with van der Waals surface area (Å²) in [4.78, 5) is 51.5. The maximum atomic E-state index is 13.2. The second-order valence-electron chi connectivity index (χ2n) is 9.21. The van der Waals surface area contributed by atoms with E-state index < -0.39 is 29.6 Å². The molecular formula is C32H29ClN2O7S. The van der Waals surface area contributed by atoms with Gasteiger partial charge in [0.05, 0.1) is 29.2 Å². The molecule has 0 radical (unpaired) electrons. The molecule has 1 heterocycles. The van der Waals surface area contributed by atoms with E-state index in [-0.39, 0.29) is 21.2 Å². The second-order valence-corrected chi connectivity index (χ2v) is 10.6. The molecule has 3 aromatic carbocycles. The van der Waals surface area contributed by atoms with Gasteiger partial charge in [-0.25, -0.2) is 4.79 Å². The van der Waals surface area contributed by atoms with Crippen LogP contribution >= 0.6 is 23.4 Å². The summed E-state index contributed by atoms with van der Waals surface area (Å²) in [6, 6.07) is 17.6. The predicted octanol–water partition coefficient (Wildman–Crippen LogP) is 6.51. The van der Waals surface area contributed by atoms with Crippen LogP contribution in [0.4, 0.5) is 10.5 Å². The Hall–Kier alpha value is -4.54. The number of ether oxygens (including phenoxy) is 3. The molecule has 1 N–H and O–H groups in total. The molecule has 0 atom stereocenters. The van der Waals surface area contributed by atoms with E-state index in [1.54, 1.807) is 18.2 Å². The number of rotatable bonds is 12. The number of nitrogens with one attached hydrogen (secondary N) is 1. The number of carbonyl (C=O) groups is 4. The number of anilines is 1. The summed E-state index contributed by atoms with van der Waals surface area (Å²) in [6.45, 7) is 5.91. The number of thioether (sulfide) groups is 1. The second kappa shape index (κ2) is 14.6. The Bertz CT molecular complexity index is 1590. The number of hydrogen-bond acceptors (Lipinski definition) is 8. The van der Waals surface area contributed by atoms with E-state index in [0.29, 0.717) is 36.7 Å². The van der Waals surface area contributed by atoms with Crippen molar-refractivity contribution in [1.82, 2.24) is 4.90 Å². The van der Waals surface area contributed by atoms with Crippen molar-refractivity contribution in [2.45, 2.75) is 20.0 Å². The van der Waals surface area contributed by atoms with E-state index in [1.165, 1.54) is 25.3 Å². The number of esters is 1. The van der Waals surface area contributed by atoms with Crippen molar-refractivity contribution < 1.29 is 33.4 Å². The Morgan fingerprint density at radius 1 is 1.07 bits per heavy atom. The van der Waals surface area contributed by atoms with Gasteiger partial charge in [0, 0.05) is 11.3 Å². The van der Waals surface area contributed by atoms with Gasteiger partial charge in [0.1, 0.15) is 13.2 Å². The van der Waals surface area contributed by atoms with Crippen molar-refractivity contribution in [3.63, 3.8) is 0 Å². The van der Waals surface area contributed by atoms with Gasteiger partial charge in [-0.15, -0.1) is 6.58 Å². The van der Waals surface area contributed by atoms with Gasteiger partial charge in [0.15, 0.2) is 11.5 Å². The Kier molecular flexibility index (Phi) is 10.6. The third kappa shape index (κ3) is 7.85. The van der Waals surface area contributed by atoms with Crippen LogP contribution in [0.25, 0.3) is 6.08 Å². The van der Waals surface area contributed by atoms with Crippen LogP contribution in [-0.4, -0.2) is 48.2 Å². The lowest BCUT2D eigenvalue weighted by atomic mass is 10.0. The van der Waals surface area contributed by atoms with Gasteiger partial charge >= 0.3 is 5.97 Å². The van der Waals surface area contributed by atoms with Crippen LogP contribution in [0.5, 0.6) is 11.5 Å². The van der Waals surface area contributed by atoms with Gasteiger partial charge in [-0.1, -0.05) is 48.0 Å². The quantitative estimate of drug-likeness (QED) is 0.139. The van der Waals surface area contributed by atoms with Gasteiger partial charge in [-0.2, -0.15) is 0 Å². The standard InChI is InChI=1S/C32H29ClN2O7S/c1-4-9-22-14-21(15-26(41-5-2)29(22)42-19-20-10-7-6-8-11-20)16-27-30(37)35(32(39)43-27)18-28(36)34-23-12-13-25(33)24(17-23)31(38)40-3/h4,6-8,10-17H,1,5,9,18-19H2,2-3H3,(H,34,36)/b27-16-. The zero-order valence-corrected chi connectivity index (χ0v) is 25.1. The van der Waals surface area contributed by atoms with E-state index in [9.17, 15) is 19.2 Å². The molecule has 3 amide bonds. The number of nitrogens with zero attached hydrogens (tertiary/aromatic N) is 1. The van der Waals surface area contributed by atoms with Crippen LogP contribution in [0.2, 0.25) is 5.02 Å². The Balaban J connectivity index is 1.52. The Morgan fingerprint density at radius 3 is 2.53 bits per heavy atom. The number of amides is 3. The first kappa shape index (κ1) is 31.4. The lowest BCUT2D eigenvalue weighted by Crippen LogP contribution is -2.36. The zero-order valence-electron chi connectivity index (χ0n) is 23.6. The third-order valence-corrected chi connectivity index (χ3v) is 7.41. The molecule has 0 bridgehead atoms. The summed E-state index contributed by atoms with van der Waals surface area (Å²) in [5, 5.41) is 2.14. The van der Waals surface area contributed by atoms with Crippen LogP contribution < -0.4 is 14.8 Å². The average molecular weight is 621 g/mol. The number of halogens is 1. The number of hydrogen-bond donors (Lipinski definition) is 1. The van der Waals surface area contributed by atoms with Crippen molar-refractivity contribution >= 4 is 58.1 Å². The van der Waals surface area contributed by atoms with Gasteiger partial charge in [-0.05, 0) is 72.6 Å². The molecule has 0 aliphatic carbocycles. The summed E-state index contributed by atoms with van der Waals surface area (Å²) in [6.07, 6.45) is 3.81. The molecule has 222 valence electrons. The van der Waals surface area contributed by atoms with Crippen LogP contribution in [0.15, 0.2) is 78.2 Å². The summed E-state index contributed by atoms with van der Waals surface area (Å²) < 4.78 is 16.7. The fourth-order valence-electron chi connectivity index (χ4n) is 4.23. The van der Waals surface area contributed by atoms with E-state index in [1.807, 2.05) is 43.3 Å². The highest BCUT2D eigenvalue weighted by Gasteiger charge is 2.36. The van der Waals surface area contributed by atoms with Crippen LogP contribution in [0.1, 0.15) is 34.0 Å². The van der Waals surface area contributed by atoms with Crippen LogP contribution in [0, 0.1) is 0 Å². The van der Waals surface area contributed by atoms with Crippen LogP contribution in [-0.2, 0) is 27.4 Å². The van der Waals surface area contributed by atoms with Crippen molar-refractivity contribution in [2.24, 2.45) is 0 Å². The van der Waals surface area contributed by atoms with Gasteiger partial charge < -0.3 is 19.5 Å². The first-order valence-corrected chi connectivity index (χ1v) is 14.4. The smallest absolute Gasteiger partial charge is 0.339 e. The topological polar surface area (TPSA) is 111 Å². The van der Waals surface area contributed by atoms with Crippen molar-refractivity contribution in [1.29, 1.82) is 0 Å². The summed E-state index contributed by atoms with van der Waals surface area (Å²) in [7, 11) is 1.21. The highest BCUT2D eigenvalue weighted by atomic mass is 35.5. The number of imide groups is 1. The zero-order chi connectivity index (χ0) is 30.9. The molecule has 0 aromatic heterocycles. The molecular weight excluding hydrogens is 592 g/mol. The molecule has 43 heavy (non-hydrogen) atoms. The molecule has 9 nitrogen and oxygen atoms in total. The lowest BCUT2D eigenvalue weighted by Gasteiger charge is -2.17.